The number of aromatic nitrogens is 4. The summed E-state index contributed by atoms with van der Waals surface area (Å²) >= 11 is 0. The molecule has 0 fully saturated rings. The van der Waals surface area contributed by atoms with Crippen molar-refractivity contribution in [3.63, 3.8) is 0 Å². The van der Waals surface area contributed by atoms with Crippen LogP contribution in [-0.2, 0) is 0 Å². The number of hydrogen-bond donors (Lipinski definition) is 3. The van der Waals surface area contributed by atoms with Gasteiger partial charge in [-0.15, -0.1) is 0 Å². The van der Waals surface area contributed by atoms with E-state index in [1.807, 2.05) is 0 Å². The van der Waals surface area contributed by atoms with Gasteiger partial charge >= 0.3 is 0 Å². The average molecular weight is 268 g/mol. The Bertz CT molecular complexity index is 741. The Morgan fingerprint density at radius 2 is 1.80 bits per heavy atom. The highest BCUT2D eigenvalue weighted by Crippen LogP contribution is 2.24. The molecule has 102 valence electrons. The molecule has 0 aliphatic heterocycles. The zero-order valence-corrected chi connectivity index (χ0v) is 11.7. The van der Waals surface area contributed by atoms with Gasteiger partial charge in [0, 0.05) is 12.7 Å². The summed E-state index contributed by atoms with van der Waals surface area (Å²) in [5.41, 5.74) is 4.12. The Kier molecular flexibility index (Phi) is 2.98. The first-order valence-electron chi connectivity index (χ1n) is 6.40. The Morgan fingerprint density at radius 3 is 2.50 bits per heavy atom. The molecule has 6 nitrogen and oxygen atoms in total. The number of aromatic amines is 1. The van der Waals surface area contributed by atoms with Gasteiger partial charge in [-0.05, 0) is 37.1 Å². The van der Waals surface area contributed by atoms with Crippen LogP contribution in [0.1, 0.15) is 11.1 Å². The maximum absolute atomic E-state index is 4.45. The van der Waals surface area contributed by atoms with Gasteiger partial charge < -0.3 is 10.6 Å². The van der Waals surface area contributed by atoms with Crippen molar-refractivity contribution in [1.82, 2.24) is 20.2 Å². The van der Waals surface area contributed by atoms with Crippen molar-refractivity contribution in [2.45, 2.75) is 13.8 Å². The van der Waals surface area contributed by atoms with Crippen LogP contribution in [0.25, 0.3) is 11.0 Å². The Balaban J connectivity index is 2.07. The second kappa shape index (κ2) is 4.80. The average Bonchev–Trinajstić information content (AvgIpc) is 2.85. The number of aryl methyl sites for hydroxylation is 2. The topological polar surface area (TPSA) is 78.5 Å². The molecule has 0 aliphatic rings. The number of fused-ring (bicyclic) bond motifs is 1. The Morgan fingerprint density at radius 1 is 1.05 bits per heavy atom. The minimum atomic E-state index is 0.550. The molecule has 3 N–H and O–H groups in total. The van der Waals surface area contributed by atoms with E-state index < -0.39 is 0 Å². The van der Waals surface area contributed by atoms with Crippen LogP contribution in [0.4, 0.5) is 17.5 Å². The predicted octanol–water partition coefficient (Wildman–Crippen LogP) is 2.76. The lowest BCUT2D eigenvalue weighted by atomic mass is 10.1. The minimum absolute atomic E-state index is 0.550. The van der Waals surface area contributed by atoms with E-state index in [9.17, 15) is 0 Å². The molecule has 0 bridgehead atoms. The van der Waals surface area contributed by atoms with Gasteiger partial charge in [-0.3, -0.25) is 5.10 Å². The van der Waals surface area contributed by atoms with Crippen molar-refractivity contribution >= 4 is 28.5 Å². The number of H-pyrrole nitrogens is 1. The smallest absolute Gasteiger partial charge is 0.226 e. The highest BCUT2D eigenvalue weighted by atomic mass is 15.2. The summed E-state index contributed by atoms with van der Waals surface area (Å²) in [7, 11) is 1.79. The fraction of sp³-hybridized carbons (Fsp3) is 0.214. The maximum Gasteiger partial charge on any atom is 0.226 e. The first-order chi connectivity index (χ1) is 9.65. The third kappa shape index (κ3) is 2.27. The SMILES string of the molecule is CNc1nc(Nc2cc(C)cc(C)c2)c2cn[nH]c2n1. The van der Waals surface area contributed by atoms with Gasteiger partial charge in [-0.25, -0.2) is 0 Å². The van der Waals surface area contributed by atoms with Crippen LogP contribution in [0.3, 0.4) is 0 Å². The summed E-state index contributed by atoms with van der Waals surface area (Å²) in [5.74, 6) is 1.28. The van der Waals surface area contributed by atoms with Crippen molar-refractivity contribution in [3.05, 3.63) is 35.5 Å². The van der Waals surface area contributed by atoms with Crippen LogP contribution >= 0.6 is 0 Å². The van der Waals surface area contributed by atoms with Gasteiger partial charge in [-0.1, -0.05) is 6.07 Å². The summed E-state index contributed by atoms with van der Waals surface area (Å²) in [6, 6.07) is 6.30. The molecule has 3 rings (SSSR count). The number of nitrogens with one attached hydrogen (secondary N) is 3. The number of benzene rings is 1. The number of nitrogens with zero attached hydrogens (tertiary/aromatic N) is 3. The van der Waals surface area contributed by atoms with Crippen molar-refractivity contribution in [3.8, 4) is 0 Å². The largest absolute Gasteiger partial charge is 0.357 e. The monoisotopic (exact) mass is 268 g/mol. The van der Waals surface area contributed by atoms with Crippen molar-refractivity contribution in [2.75, 3.05) is 17.7 Å². The Hall–Kier alpha value is -2.63. The summed E-state index contributed by atoms with van der Waals surface area (Å²) < 4.78 is 0. The van der Waals surface area contributed by atoms with Gasteiger partial charge in [0.1, 0.15) is 5.82 Å². The zero-order chi connectivity index (χ0) is 14.1. The normalized spacial score (nSPS) is 10.8. The third-order valence-corrected chi connectivity index (χ3v) is 3.02. The number of hydrogen-bond acceptors (Lipinski definition) is 5. The zero-order valence-electron chi connectivity index (χ0n) is 11.7. The maximum atomic E-state index is 4.45. The van der Waals surface area contributed by atoms with E-state index >= 15 is 0 Å². The predicted molar refractivity (Wildman–Crippen MR) is 80.4 cm³/mol. The van der Waals surface area contributed by atoms with Crippen LogP contribution in [0.15, 0.2) is 24.4 Å². The molecule has 1 aromatic carbocycles. The molecular weight excluding hydrogens is 252 g/mol. The van der Waals surface area contributed by atoms with Gasteiger partial charge in [0.05, 0.1) is 11.6 Å². The highest BCUT2D eigenvalue weighted by Gasteiger charge is 2.09. The van der Waals surface area contributed by atoms with E-state index in [-0.39, 0.29) is 0 Å². The second-order valence-corrected chi connectivity index (χ2v) is 4.78. The number of rotatable bonds is 3. The molecule has 6 heteroatoms. The van der Waals surface area contributed by atoms with Crippen LogP contribution in [0.2, 0.25) is 0 Å². The summed E-state index contributed by atoms with van der Waals surface area (Å²) in [4.78, 5) is 8.76. The van der Waals surface area contributed by atoms with Gasteiger partial charge in [0.25, 0.3) is 0 Å². The molecule has 0 unspecified atom stereocenters. The number of anilines is 3. The molecule has 3 aromatic rings. The summed E-state index contributed by atoms with van der Waals surface area (Å²) in [5, 5.41) is 14.0. The molecular formula is C14H16N6. The first kappa shape index (κ1) is 12.4. The van der Waals surface area contributed by atoms with Crippen molar-refractivity contribution in [1.29, 1.82) is 0 Å². The molecule has 0 saturated carbocycles. The van der Waals surface area contributed by atoms with Crippen molar-refractivity contribution in [2.24, 2.45) is 0 Å². The van der Waals surface area contributed by atoms with E-state index in [1.165, 1.54) is 11.1 Å². The lowest BCUT2D eigenvalue weighted by molar-refractivity contribution is 1.09. The molecule has 0 aliphatic carbocycles. The molecule has 2 aromatic heterocycles. The fourth-order valence-corrected chi connectivity index (χ4v) is 2.23. The van der Waals surface area contributed by atoms with E-state index in [4.69, 9.17) is 0 Å². The molecule has 0 atom stereocenters. The summed E-state index contributed by atoms with van der Waals surface area (Å²) in [6.45, 7) is 4.15. The van der Waals surface area contributed by atoms with Gasteiger partial charge in [-0.2, -0.15) is 15.1 Å². The molecule has 0 spiro atoms. The summed E-state index contributed by atoms with van der Waals surface area (Å²) in [6.07, 6.45) is 1.72. The quantitative estimate of drug-likeness (QED) is 0.680. The van der Waals surface area contributed by atoms with Crippen LogP contribution < -0.4 is 10.6 Å². The van der Waals surface area contributed by atoms with E-state index in [0.717, 1.165) is 16.9 Å². The third-order valence-electron chi connectivity index (χ3n) is 3.02. The molecule has 2 heterocycles. The Labute approximate surface area is 116 Å². The standard InChI is InChI=1S/C14H16N6/c1-8-4-9(2)6-10(5-8)17-12-11-7-16-20-13(11)19-14(15-3)18-12/h4-7H,1-3H3,(H3,15,16,17,18,19,20). The van der Waals surface area contributed by atoms with Crippen molar-refractivity contribution < 1.29 is 0 Å². The first-order valence-corrected chi connectivity index (χ1v) is 6.40. The molecule has 0 saturated heterocycles. The molecule has 0 amide bonds. The van der Waals surface area contributed by atoms with Crippen LogP contribution in [0, 0.1) is 13.8 Å². The van der Waals surface area contributed by atoms with Crippen LogP contribution in [-0.4, -0.2) is 27.2 Å². The fourth-order valence-electron chi connectivity index (χ4n) is 2.23. The lowest BCUT2D eigenvalue weighted by Crippen LogP contribution is -2.01. The minimum Gasteiger partial charge on any atom is -0.357 e. The van der Waals surface area contributed by atoms with Gasteiger partial charge in [0.15, 0.2) is 5.65 Å². The van der Waals surface area contributed by atoms with Crippen LogP contribution in [0.5, 0.6) is 0 Å². The molecule has 20 heavy (non-hydrogen) atoms. The second-order valence-electron chi connectivity index (χ2n) is 4.78. The lowest BCUT2D eigenvalue weighted by Gasteiger charge is -2.10. The van der Waals surface area contributed by atoms with E-state index in [0.29, 0.717) is 11.6 Å². The van der Waals surface area contributed by atoms with Gasteiger partial charge in [0.2, 0.25) is 5.95 Å². The highest BCUT2D eigenvalue weighted by molar-refractivity contribution is 5.89. The molecule has 0 radical (unpaired) electrons. The van der Waals surface area contributed by atoms with E-state index in [1.54, 1.807) is 13.2 Å². The van der Waals surface area contributed by atoms with E-state index in [2.05, 4.69) is 62.8 Å².